The highest BCUT2D eigenvalue weighted by Crippen LogP contribution is 2.35. The van der Waals surface area contributed by atoms with Gasteiger partial charge in [0, 0.05) is 29.4 Å². The molecule has 3 aliphatic rings. The summed E-state index contributed by atoms with van der Waals surface area (Å²) in [5.41, 5.74) is 4.36. The van der Waals surface area contributed by atoms with Gasteiger partial charge in [-0.15, -0.1) is 11.8 Å². The standard InChI is InChI=1S/C24H23N5O4S/c30-21-13-34-20-3-1-15(10-19(20)27-21)28-12-17(33-24(28)32)6-7-25-11-16-9-14-5-8-26-18-2-4-22(31)29(16)23(14)18/h1-5,8,10,16-17,25H,6-7,9,11-13H2,(H,27,30)/t16?,17-/m1/s1. The number of nitrogens with one attached hydrogen (secondary N) is 2. The number of amides is 2. The van der Waals surface area contributed by atoms with Gasteiger partial charge >= 0.3 is 6.09 Å². The van der Waals surface area contributed by atoms with Crippen molar-refractivity contribution in [2.45, 2.75) is 29.9 Å². The quantitative estimate of drug-likeness (QED) is 0.526. The number of anilines is 2. The Hall–Kier alpha value is -3.37. The predicted molar refractivity (Wildman–Crippen MR) is 130 cm³/mol. The molecule has 174 valence electrons. The third-order valence-electron chi connectivity index (χ3n) is 6.52. The van der Waals surface area contributed by atoms with E-state index in [0.29, 0.717) is 37.5 Å². The Balaban J connectivity index is 1.05. The molecule has 0 spiro atoms. The zero-order valence-corrected chi connectivity index (χ0v) is 19.1. The number of rotatable bonds is 6. The molecule has 2 amide bonds. The second-order valence-electron chi connectivity index (χ2n) is 8.73. The van der Waals surface area contributed by atoms with Gasteiger partial charge in [0.05, 0.1) is 35.1 Å². The molecule has 9 nitrogen and oxygen atoms in total. The number of aromatic nitrogens is 2. The topological polar surface area (TPSA) is 106 Å². The fraction of sp³-hybridized carbons (Fsp3) is 0.333. The van der Waals surface area contributed by atoms with Crippen molar-refractivity contribution in [2.75, 3.05) is 35.6 Å². The van der Waals surface area contributed by atoms with E-state index in [-0.39, 0.29) is 29.7 Å². The smallest absolute Gasteiger partial charge is 0.414 e. The van der Waals surface area contributed by atoms with Gasteiger partial charge in [0.15, 0.2) is 0 Å². The molecule has 2 atom stereocenters. The first kappa shape index (κ1) is 21.2. The average molecular weight is 478 g/mol. The fourth-order valence-corrected chi connectivity index (χ4v) is 5.73. The summed E-state index contributed by atoms with van der Waals surface area (Å²) in [6, 6.07) is 11.0. The number of carbonyl (C=O) groups is 2. The molecule has 10 heteroatoms. The molecule has 0 radical (unpaired) electrons. The number of hydrogen-bond acceptors (Lipinski definition) is 7. The molecular formula is C24H23N5O4S. The zero-order chi connectivity index (χ0) is 23.2. The predicted octanol–water partition coefficient (Wildman–Crippen LogP) is 2.54. The number of thioether (sulfide) groups is 1. The number of fused-ring (bicyclic) bond motifs is 1. The van der Waals surface area contributed by atoms with Crippen LogP contribution in [0.2, 0.25) is 0 Å². The summed E-state index contributed by atoms with van der Waals surface area (Å²) in [4.78, 5) is 43.6. The van der Waals surface area contributed by atoms with Crippen molar-refractivity contribution in [1.29, 1.82) is 0 Å². The van der Waals surface area contributed by atoms with Crippen LogP contribution >= 0.6 is 11.8 Å². The van der Waals surface area contributed by atoms with Gasteiger partial charge in [-0.25, -0.2) is 4.79 Å². The van der Waals surface area contributed by atoms with Crippen molar-refractivity contribution in [3.63, 3.8) is 0 Å². The van der Waals surface area contributed by atoms with Gasteiger partial charge in [0.1, 0.15) is 6.10 Å². The van der Waals surface area contributed by atoms with Crippen LogP contribution in [0.25, 0.3) is 11.0 Å². The van der Waals surface area contributed by atoms with Gasteiger partial charge in [0.2, 0.25) is 5.91 Å². The minimum absolute atomic E-state index is 0.00828. The molecule has 2 aromatic heterocycles. The molecule has 3 aliphatic heterocycles. The number of cyclic esters (lactones) is 1. The summed E-state index contributed by atoms with van der Waals surface area (Å²) >= 11 is 1.49. The lowest BCUT2D eigenvalue weighted by atomic mass is 10.1. The SMILES string of the molecule is O=C1CSc2ccc(N3C[C@@H](CCNCC4Cc5ccnc6ccc(=O)n4c56)OC3=O)cc2N1. The van der Waals surface area contributed by atoms with Crippen LogP contribution in [0.15, 0.2) is 52.3 Å². The minimum atomic E-state index is -0.378. The summed E-state index contributed by atoms with van der Waals surface area (Å²) in [6.07, 6.45) is 2.65. The molecule has 3 aromatic rings. The molecule has 0 saturated carbocycles. The highest BCUT2D eigenvalue weighted by atomic mass is 32.2. The third kappa shape index (κ3) is 3.72. The summed E-state index contributed by atoms with van der Waals surface area (Å²) in [6.45, 7) is 1.78. The number of carbonyl (C=O) groups excluding carboxylic acids is 2. The van der Waals surface area contributed by atoms with Crippen LogP contribution in [0.3, 0.4) is 0 Å². The molecule has 1 saturated heterocycles. The van der Waals surface area contributed by atoms with Crippen LogP contribution in [0.1, 0.15) is 18.0 Å². The van der Waals surface area contributed by atoms with Crippen molar-refractivity contribution < 1.29 is 14.3 Å². The van der Waals surface area contributed by atoms with E-state index >= 15 is 0 Å². The van der Waals surface area contributed by atoms with Crippen LogP contribution in [0.5, 0.6) is 0 Å². The molecule has 0 aliphatic carbocycles. The van der Waals surface area contributed by atoms with Crippen LogP contribution in [-0.2, 0) is 16.0 Å². The van der Waals surface area contributed by atoms with Crippen LogP contribution in [0.4, 0.5) is 16.2 Å². The molecule has 0 bridgehead atoms. The lowest BCUT2D eigenvalue weighted by molar-refractivity contribution is -0.113. The third-order valence-corrected chi connectivity index (χ3v) is 7.60. The molecule has 1 unspecified atom stereocenters. The first-order chi connectivity index (χ1) is 16.6. The van der Waals surface area contributed by atoms with E-state index in [4.69, 9.17) is 4.74 Å². The van der Waals surface area contributed by atoms with E-state index < -0.39 is 0 Å². The van der Waals surface area contributed by atoms with Crippen molar-refractivity contribution in [3.05, 3.63) is 58.5 Å². The maximum atomic E-state index is 12.5. The van der Waals surface area contributed by atoms with Crippen LogP contribution in [-0.4, -0.2) is 53.0 Å². The molecule has 1 aromatic carbocycles. The Labute approximate surface area is 199 Å². The molecule has 34 heavy (non-hydrogen) atoms. The first-order valence-electron chi connectivity index (χ1n) is 11.3. The number of pyridine rings is 2. The largest absolute Gasteiger partial charge is 0.444 e. The van der Waals surface area contributed by atoms with Gasteiger partial charge in [-0.3, -0.25) is 19.5 Å². The van der Waals surface area contributed by atoms with E-state index in [1.165, 1.54) is 11.8 Å². The maximum Gasteiger partial charge on any atom is 0.414 e. The highest BCUT2D eigenvalue weighted by molar-refractivity contribution is 8.00. The lowest BCUT2D eigenvalue weighted by Crippen LogP contribution is -2.32. The highest BCUT2D eigenvalue weighted by Gasteiger charge is 2.33. The average Bonchev–Trinajstić information content (AvgIpc) is 3.40. The Morgan fingerprint density at radius 2 is 2.09 bits per heavy atom. The van der Waals surface area contributed by atoms with Crippen molar-refractivity contribution in [2.24, 2.45) is 0 Å². The summed E-state index contributed by atoms with van der Waals surface area (Å²) in [7, 11) is 0. The second-order valence-corrected chi connectivity index (χ2v) is 9.75. The van der Waals surface area contributed by atoms with Crippen LogP contribution in [0, 0.1) is 0 Å². The monoisotopic (exact) mass is 477 g/mol. The minimum Gasteiger partial charge on any atom is -0.444 e. The van der Waals surface area contributed by atoms with Crippen molar-refractivity contribution in [1.82, 2.24) is 14.9 Å². The molecule has 2 N–H and O–H groups in total. The Morgan fingerprint density at radius 1 is 1.18 bits per heavy atom. The second kappa shape index (κ2) is 8.44. The van der Waals surface area contributed by atoms with Crippen molar-refractivity contribution in [3.8, 4) is 0 Å². The Morgan fingerprint density at radius 3 is 3.00 bits per heavy atom. The molecule has 5 heterocycles. The Bertz CT molecular complexity index is 1370. The maximum absolute atomic E-state index is 12.5. The van der Waals surface area contributed by atoms with E-state index in [0.717, 1.165) is 33.6 Å². The van der Waals surface area contributed by atoms with Gasteiger partial charge in [-0.05, 0) is 55.3 Å². The van der Waals surface area contributed by atoms with Gasteiger partial charge in [-0.2, -0.15) is 0 Å². The van der Waals surface area contributed by atoms with E-state index in [1.54, 1.807) is 23.2 Å². The zero-order valence-electron chi connectivity index (χ0n) is 18.3. The van der Waals surface area contributed by atoms with E-state index in [1.807, 2.05) is 28.8 Å². The number of nitrogens with zero attached hydrogens (tertiary/aromatic N) is 3. The summed E-state index contributed by atoms with van der Waals surface area (Å²) < 4.78 is 7.42. The van der Waals surface area contributed by atoms with E-state index in [2.05, 4.69) is 15.6 Å². The number of hydrogen-bond donors (Lipinski definition) is 2. The van der Waals surface area contributed by atoms with Crippen molar-refractivity contribution >= 4 is 46.2 Å². The number of benzene rings is 1. The fourth-order valence-electron chi connectivity index (χ4n) is 4.94. The summed E-state index contributed by atoms with van der Waals surface area (Å²) in [5.74, 6) is 0.364. The van der Waals surface area contributed by atoms with Gasteiger partial charge in [0.25, 0.3) is 5.56 Å². The van der Waals surface area contributed by atoms with Crippen LogP contribution < -0.4 is 21.1 Å². The first-order valence-corrected chi connectivity index (χ1v) is 12.3. The van der Waals surface area contributed by atoms with Gasteiger partial charge in [-0.1, -0.05) is 0 Å². The molecule has 6 rings (SSSR count). The molecular weight excluding hydrogens is 454 g/mol. The molecule has 1 fully saturated rings. The van der Waals surface area contributed by atoms with E-state index in [9.17, 15) is 14.4 Å². The number of ether oxygens (including phenoxy) is 1. The normalized spacial score (nSPS) is 21.0. The Kier molecular flexibility index (Phi) is 5.26. The summed E-state index contributed by atoms with van der Waals surface area (Å²) in [5, 5.41) is 6.29. The van der Waals surface area contributed by atoms with Gasteiger partial charge < -0.3 is 19.9 Å². The lowest BCUT2D eigenvalue weighted by Gasteiger charge is -2.20.